The predicted molar refractivity (Wildman–Crippen MR) is 114 cm³/mol. The van der Waals surface area contributed by atoms with Gasteiger partial charge in [0.2, 0.25) is 0 Å². The van der Waals surface area contributed by atoms with Crippen LogP contribution >= 0.6 is 23.1 Å². The fourth-order valence-corrected chi connectivity index (χ4v) is 5.04. The van der Waals surface area contributed by atoms with Crippen LogP contribution in [-0.4, -0.2) is 29.5 Å². The number of rotatable bonds is 6. The number of nitrogens with zero attached hydrogens (tertiary/aromatic N) is 5. The van der Waals surface area contributed by atoms with Gasteiger partial charge in [-0.3, -0.25) is 13.8 Å². The maximum absolute atomic E-state index is 13.0. The van der Waals surface area contributed by atoms with E-state index in [9.17, 15) is 9.59 Å². The summed E-state index contributed by atoms with van der Waals surface area (Å²) in [6.07, 6.45) is 3.40. The van der Waals surface area contributed by atoms with Crippen molar-refractivity contribution in [2.24, 2.45) is 0 Å². The molecule has 0 saturated carbocycles. The zero-order chi connectivity index (χ0) is 19.8. The van der Waals surface area contributed by atoms with Crippen molar-refractivity contribution < 1.29 is 0 Å². The van der Waals surface area contributed by atoms with Crippen LogP contribution in [0.2, 0.25) is 0 Å². The van der Waals surface area contributed by atoms with E-state index >= 15 is 0 Å². The summed E-state index contributed by atoms with van der Waals surface area (Å²) in [5.74, 6) is 0.572. The van der Waals surface area contributed by atoms with E-state index in [1.165, 1.54) is 32.2 Å². The Morgan fingerprint density at radius 2 is 2.11 bits per heavy atom. The van der Waals surface area contributed by atoms with Gasteiger partial charge in [-0.1, -0.05) is 23.9 Å². The molecule has 7 nitrogen and oxygen atoms in total. The lowest BCUT2D eigenvalue weighted by molar-refractivity contribution is 0.634. The van der Waals surface area contributed by atoms with Gasteiger partial charge in [0.25, 0.3) is 5.56 Å². The lowest BCUT2D eigenvalue weighted by atomic mass is 10.2. The third-order valence-corrected chi connectivity index (χ3v) is 6.65. The highest BCUT2D eigenvalue weighted by Gasteiger charge is 2.16. The number of hydrogen-bond acceptors (Lipinski definition) is 6. The van der Waals surface area contributed by atoms with Crippen LogP contribution in [0, 0.1) is 13.8 Å². The Kier molecular flexibility index (Phi) is 4.94. The number of aromatic nitrogens is 5. The van der Waals surface area contributed by atoms with Crippen molar-refractivity contribution in [3.8, 4) is 0 Å². The van der Waals surface area contributed by atoms with Gasteiger partial charge in [0.05, 0.1) is 11.9 Å². The van der Waals surface area contributed by atoms with Gasteiger partial charge in [0, 0.05) is 23.4 Å². The third kappa shape index (κ3) is 3.10. The Bertz CT molecular complexity index is 1310. The minimum absolute atomic E-state index is 0.0425. The van der Waals surface area contributed by atoms with Crippen molar-refractivity contribution >= 4 is 39.0 Å². The number of aryl methyl sites for hydroxylation is 3. The van der Waals surface area contributed by atoms with Crippen molar-refractivity contribution in [2.45, 2.75) is 32.1 Å². The predicted octanol–water partition coefficient (Wildman–Crippen LogP) is 2.86. The van der Waals surface area contributed by atoms with Gasteiger partial charge in [-0.25, -0.2) is 14.5 Å². The molecule has 0 aliphatic rings. The van der Waals surface area contributed by atoms with E-state index in [1.54, 1.807) is 29.0 Å². The molecule has 4 heterocycles. The molecular weight excluding hydrogens is 394 g/mol. The van der Waals surface area contributed by atoms with Gasteiger partial charge in [-0.05, 0) is 31.5 Å². The highest BCUT2D eigenvalue weighted by atomic mass is 32.2. The summed E-state index contributed by atoms with van der Waals surface area (Å²) >= 11 is 2.98. The zero-order valence-electron chi connectivity index (χ0n) is 15.6. The van der Waals surface area contributed by atoms with E-state index in [0.29, 0.717) is 35.0 Å². The van der Waals surface area contributed by atoms with Crippen LogP contribution in [0.15, 0.2) is 51.8 Å². The average molecular weight is 414 g/mol. The smallest absolute Gasteiger partial charge is 0.283 e. The van der Waals surface area contributed by atoms with Crippen molar-refractivity contribution in [2.75, 3.05) is 5.75 Å². The van der Waals surface area contributed by atoms with E-state index in [-0.39, 0.29) is 11.2 Å². The second-order valence-electron chi connectivity index (χ2n) is 6.35. The summed E-state index contributed by atoms with van der Waals surface area (Å²) < 4.78 is 4.60. The number of hydrogen-bond donors (Lipinski definition) is 0. The summed E-state index contributed by atoms with van der Waals surface area (Å²) in [6, 6.07) is 5.44. The second-order valence-corrected chi connectivity index (χ2v) is 8.61. The summed E-state index contributed by atoms with van der Waals surface area (Å²) in [6.45, 7) is 8.54. The fraction of sp³-hybridized carbons (Fsp3) is 0.263. The van der Waals surface area contributed by atoms with Gasteiger partial charge in [-0.2, -0.15) is 0 Å². The molecule has 144 valence electrons. The van der Waals surface area contributed by atoms with Crippen LogP contribution in [0.25, 0.3) is 15.9 Å². The monoisotopic (exact) mass is 413 g/mol. The number of thioether (sulfide) groups is 1. The van der Waals surface area contributed by atoms with Gasteiger partial charge in [-0.15, -0.1) is 23.0 Å². The Morgan fingerprint density at radius 1 is 1.29 bits per heavy atom. The summed E-state index contributed by atoms with van der Waals surface area (Å²) in [5.41, 5.74) is 1.39. The molecule has 0 atom stereocenters. The average Bonchev–Trinajstić information content (AvgIpc) is 3.15. The highest BCUT2D eigenvalue weighted by molar-refractivity contribution is 7.99. The first-order chi connectivity index (χ1) is 13.5. The largest absolute Gasteiger partial charge is 0.350 e. The first-order valence-corrected chi connectivity index (χ1v) is 10.6. The molecule has 4 rings (SSSR count). The van der Waals surface area contributed by atoms with E-state index in [1.807, 2.05) is 19.9 Å². The Hall–Kier alpha value is -2.65. The molecule has 9 heteroatoms. The molecule has 0 bridgehead atoms. The van der Waals surface area contributed by atoms with Gasteiger partial charge in [0.1, 0.15) is 4.83 Å². The van der Waals surface area contributed by atoms with Gasteiger partial charge < -0.3 is 0 Å². The number of allylic oxidation sites excluding steroid dienone is 1. The topological polar surface area (TPSA) is 74.2 Å². The number of fused-ring (bicyclic) bond motifs is 2. The van der Waals surface area contributed by atoms with Crippen molar-refractivity contribution in [1.82, 2.24) is 23.7 Å². The quantitative estimate of drug-likeness (QED) is 0.276. The fourth-order valence-electron chi connectivity index (χ4n) is 3.05. The van der Waals surface area contributed by atoms with Crippen LogP contribution in [0.5, 0.6) is 0 Å². The molecule has 0 aromatic carbocycles. The van der Waals surface area contributed by atoms with E-state index in [4.69, 9.17) is 4.98 Å². The molecule has 0 fully saturated rings. The van der Waals surface area contributed by atoms with Crippen molar-refractivity contribution in [1.29, 1.82) is 0 Å². The molecule has 0 N–H and O–H groups in total. The summed E-state index contributed by atoms with van der Waals surface area (Å²) in [5, 5.41) is 5.66. The summed E-state index contributed by atoms with van der Waals surface area (Å²) in [7, 11) is 0. The lowest BCUT2D eigenvalue weighted by Gasteiger charge is -2.10. The van der Waals surface area contributed by atoms with E-state index in [0.717, 1.165) is 15.3 Å². The zero-order valence-corrected chi connectivity index (χ0v) is 17.2. The third-order valence-electron chi connectivity index (χ3n) is 4.59. The number of pyridine rings is 1. The minimum Gasteiger partial charge on any atom is -0.283 e. The molecule has 0 aliphatic heterocycles. The minimum atomic E-state index is -0.174. The molecule has 0 saturated heterocycles. The summed E-state index contributed by atoms with van der Waals surface area (Å²) in [4.78, 5) is 31.9. The van der Waals surface area contributed by atoms with Crippen LogP contribution in [0.1, 0.15) is 10.4 Å². The van der Waals surface area contributed by atoms with Crippen LogP contribution in [0.3, 0.4) is 0 Å². The first-order valence-electron chi connectivity index (χ1n) is 8.79. The molecule has 0 spiro atoms. The second kappa shape index (κ2) is 7.40. The molecule has 4 aromatic heterocycles. The molecule has 0 radical (unpaired) electrons. The molecule has 0 unspecified atom stereocenters. The van der Waals surface area contributed by atoms with Crippen LogP contribution < -0.4 is 11.2 Å². The first kappa shape index (κ1) is 18.7. The van der Waals surface area contributed by atoms with Crippen molar-refractivity contribution in [3.63, 3.8) is 0 Å². The Labute approximate surface area is 169 Å². The van der Waals surface area contributed by atoms with Gasteiger partial charge >= 0.3 is 5.69 Å². The van der Waals surface area contributed by atoms with Crippen LogP contribution in [-0.2, 0) is 13.1 Å². The van der Waals surface area contributed by atoms with Crippen molar-refractivity contribution in [3.05, 3.63) is 68.3 Å². The standard InChI is InChI=1S/C19H19N5O2S2/c1-4-8-23-17(25)15-12(2)13(3)28-16(15)20-18(23)27-11-10-24-19(26)22-9-6-5-7-14(22)21-24/h4-7,9H,1,8,10-11H2,2-3H3. The molecular formula is C19H19N5O2S2. The van der Waals surface area contributed by atoms with E-state index in [2.05, 4.69) is 11.7 Å². The molecule has 4 aromatic rings. The number of thiophene rings is 1. The van der Waals surface area contributed by atoms with Crippen LogP contribution in [0.4, 0.5) is 0 Å². The molecule has 28 heavy (non-hydrogen) atoms. The SMILES string of the molecule is C=CCn1c(SCCn2nc3ccccn3c2=O)nc2sc(C)c(C)c2c1=O. The molecule has 0 amide bonds. The highest BCUT2D eigenvalue weighted by Crippen LogP contribution is 2.28. The maximum Gasteiger partial charge on any atom is 0.350 e. The normalized spacial score (nSPS) is 11.5. The molecule has 0 aliphatic carbocycles. The van der Waals surface area contributed by atoms with E-state index < -0.39 is 0 Å². The Morgan fingerprint density at radius 3 is 2.86 bits per heavy atom. The maximum atomic E-state index is 13.0. The Balaban J connectivity index is 1.64. The lowest BCUT2D eigenvalue weighted by Crippen LogP contribution is -2.24. The van der Waals surface area contributed by atoms with Gasteiger partial charge in [0.15, 0.2) is 10.8 Å².